The first-order valence-electron chi connectivity index (χ1n) is 7.50. The summed E-state index contributed by atoms with van der Waals surface area (Å²) in [6.45, 7) is 3.07. The molecule has 0 aliphatic carbocycles. The molecule has 0 saturated heterocycles. The van der Waals surface area contributed by atoms with Gasteiger partial charge < -0.3 is 10.2 Å². The van der Waals surface area contributed by atoms with Gasteiger partial charge in [-0.05, 0) is 24.3 Å². The van der Waals surface area contributed by atoms with Crippen LogP contribution in [-0.2, 0) is 24.6 Å². The van der Waals surface area contributed by atoms with Crippen molar-refractivity contribution in [2.45, 2.75) is 12.7 Å². The summed E-state index contributed by atoms with van der Waals surface area (Å²) in [6.07, 6.45) is -2.29. The lowest BCUT2D eigenvalue weighted by Crippen LogP contribution is -2.27. The van der Waals surface area contributed by atoms with Crippen LogP contribution in [0.15, 0.2) is 43.1 Å². The van der Waals surface area contributed by atoms with Gasteiger partial charge in [0.2, 0.25) is 5.91 Å². The van der Waals surface area contributed by atoms with Crippen molar-refractivity contribution >= 4 is 17.5 Å². The molecule has 0 spiro atoms. The molecule has 2 aromatic rings. The summed E-state index contributed by atoms with van der Waals surface area (Å²) < 4.78 is 40.1. The number of hydrogen-bond donors (Lipinski definition) is 1. The van der Waals surface area contributed by atoms with E-state index in [2.05, 4.69) is 17.0 Å². The zero-order valence-corrected chi connectivity index (χ0v) is 14.2. The normalized spacial score (nSPS) is 11.1. The molecule has 138 valence electrons. The lowest BCUT2D eigenvalue weighted by molar-refractivity contribution is -0.142. The van der Waals surface area contributed by atoms with Crippen LogP contribution >= 0.6 is 0 Å². The maximum absolute atomic E-state index is 13.0. The van der Waals surface area contributed by atoms with E-state index in [4.69, 9.17) is 0 Å². The van der Waals surface area contributed by atoms with Crippen molar-refractivity contribution in [3.05, 3.63) is 59.9 Å². The first kappa shape index (κ1) is 19.2. The first-order valence-corrected chi connectivity index (χ1v) is 7.50. The molecule has 0 aliphatic heterocycles. The van der Waals surface area contributed by atoms with E-state index in [9.17, 15) is 22.8 Å². The number of rotatable bonds is 5. The number of amides is 2. The fourth-order valence-corrected chi connectivity index (χ4v) is 2.36. The molecule has 1 aromatic carbocycles. The van der Waals surface area contributed by atoms with E-state index in [1.54, 1.807) is 12.1 Å². The van der Waals surface area contributed by atoms with Gasteiger partial charge in [0, 0.05) is 43.7 Å². The number of carbonyl (C=O) groups is 2. The lowest BCUT2D eigenvalue weighted by atomic mass is 10.1. The van der Waals surface area contributed by atoms with Gasteiger partial charge in [-0.3, -0.25) is 14.3 Å². The smallest absolute Gasteiger partial charge is 0.337 e. The minimum Gasteiger partial charge on any atom is -0.337 e. The summed E-state index contributed by atoms with van der Waals surface area (Å²) in [5.74, 6) is -0.926. The van der Waals surface area contributed by atoms with Gasteiger partial charge >= 0.3 is 6.18 Å². The average molecular weight is 366 g/mol. The van der Waals surface area contributed by atoms with Crippen molar-refractivity contribution in [3.63, 3.8) is 0 Å². The van der Waals surface area contributed by atoms with Crippen LogP contribution in [-0.4, -0.2) is 33.5 Å². The molecule has 0 unspecified atom stereocenters. The van der Waals surface area contributed by atoms with Crippen molar-refractivity contribution in [1.29, 1.82) is 0 Å². The van der Waals surface area contributed by atoms with Gasteiger partial charge in [-0.25, -0.2) is 0 Å². The monoisotopic (exact) mass is 366 g/mol. The molecular weight excluding hydrogens is 349 g/mol. The Labute approximate surface area is 147 Å². The van der Waals surface area contributed by atoms with Gasteiger partial charge in [0.05, 0.1) is 0 Å². The topological polar surface area (TPSA) is 67.2 Å². The molecule has 1 heterocycles. The van der Waals surface area contributed by atoms with Crippen LogP contribution in [0.5, 0.6) is 0 Å². The second-order valence-electron chi connectivity index (χ2n) is 5.61. The second kappa shape index (κ2) is 7.42. The standard InChI is InChI=1S/C17H17F3N4O2/c1-4-14(25)21-13-7-5-6-11(8-13)16(26)23(2)9-12-10-24(3)22-15(12)17(18,19)20/h4-8,10H,1,9H2,2-3H3,(H,21,25). The van der Waals surface area contributed by atoms with Crippen LogP contribution in [0, 0.1) is 0 Å². The van der Waals surface area contributed by atoms with E-state index in [0.29, 0.717) is 5.69 Å². The zero-order valence-electron chi connectivity index (χ0n) is 14.2. The third-order valence-corrected chi connectivity index (χ3v) is 3.49. The average Bonchev–Trinajstić information content (AvgIpc) is 2.94. The largest absolute Gasteiger partial charge is 0.435 e. The molecule has 2 rings (SSSR count). The van der Waals surface area contributed by atoms with Gasteiger partial charge in [0.1, 0.15) is 0 Å². The molecule has 26 heavy (non-hydrogen) atoms. The van der Waals surface area contributed by atoms with Crippen LogP contribution in [0.1, 0.15) is 21.6 Å². The second-order valence-corrected chi connectivity index (χ2v) is 5.61. The number of nitrogens with one attached hydrogen (secondary N) is 1. The highest BCUT2D eigenvalue weighted by Gasteiger charge is 2.37. The van der Waals surface area contributed by atoms with E-state index in [-0.39, 0.29) is 17.7 Å². The van der Waals surface area contributed by atoms with Crippen molar-refractivity contribution in [1.82, 2.24) is 14.7 Å². The van der Waals surface area contributed by atoms with E-state index < -0.39 is 23.7 Å². The van der Waals surface area contributed by atoms with Crippen LogP contribution in [0.4, 0.5) is 18.9 Å². The zero-order chi connectivity index (χ0) is 19.5. The molecule has 6 nitrogen and oxygen atoms in total. The summed E-state index contributed by atoms with van der Waals surface area (Å²) in [7, 11) is 2.77. The summed E-state index contributed by atoms with van der Waals surface area (Å²) in [4.78, 5) is 25.0. The number of aryl methyl sites for hydroxylation is 1. The molecule has 0 bridgehead atoms. The highest BCUT2D eigenvalue weighted by molar-refractivity contribution is 6.00. The van der Waals surface area contributed by atoms with E-state index in [1.807, 2.05) is 0 Å². The lowest BCUT2D eigenvalue weighted by Gasteiger charge is -2.18. The van der Waals surface area contributed by atoms with Gasteiger partial charge in [-0.15, -0.1) is 0 Å². The van der Waals surface area contributed by atoms with E-state index in [1.165, 1.54) is 32.4 Å². The fourth-order valence-electron chi connectivity index (χ4n) is 2.36. The molecular formula is C17H17F3N4O2. The number of anilines is 1. The minimum absolute atomic E-state index is 0.105. The van der Waals surface area contributed by atoms with Gasteiger partial charge in [0.25, 0.3) is 5.91 Å². The Morgan fingerprint density at radius 2 is 2.08 bits per heavy atom. The highest BCUT2D eigenvalue weighted by Crippen LogP contribution is 2.31. The van der Waals surface area contributed by atoms with Crippen LogP contribution in [0.2, 0.25) is 0 Å². The third-order valence-electron chi connectivity index (χ3n) is 3.49. The Morgan fingerprint density at radius 3 is 2.69 bits per heavy atom. The van der Waals surface area contributed by atoms with Gasteiger partial charge in [-0.2, -0.15) is 18.3 Å². The highest BCUT2D eigenvalue weighted by atomic mass is 19.4. The Hall–Kier alpha value is -3.10. The first-order chi connectivity index (χ1) is 12.1. The van der Waals surface area contributed by atoms with Gasteiger partial charge in [0.15, 0.2) is 5.69 Å². The van der Waals surface area contributed by atoms with Gasteiger partial charge in [-0.1, -0.05) is 12.6 Å². The van der Waals surface area contributed by atoms with Crippen molar-refractivity contribution < 1.29 is 22.8 Å². The summed E-state index contributed by atoms with van der Waals surface area (Å²) in [5.41, 5.74) is -0.517. The quantitative estimate of drug-likeness (QED) is 0.828. The summed E-state index contributed by atoms with van der Waals surface area (Å²) >= 11 is 0. The molecule has 2 amide bonds. The van der Waals surface area contributed by atoms with Crippen molar-refractivity contribution in [2.24, 2.45) is 7.05 Å². The molecule has 1 N–H and O–H groups in total. The maximum atomic E-state index is 13.0. The van der Waals surface area contributed by atoms with Crippen molar-refractivity contribution in [3.8, 4) is 0 Å². The third kappa shape index (κ3) is 4.50. The number of benzene rings is 1. The Balaban J connectivity index is 2.19. The summed E-state index contributed by atoms with van der Waals surface area (Å²) in [5, 5.41) is 5.94. The Kier molecular flexibility index (Phi) is 5.49. The number of aromatic nitrogens is 2. The van der Waals surface area contributed by atoms with Crippen LogP contribution in [0.25, 0.3) is 0 Å². The number of hydrogen-bond acceptors (Lipinski definition) is 3. The molecule has 0 saturated carbocycles. The predicted molar refractivity (Wildman–Crippen MR) is 89.3 cm³/mol. The van der Waals surface area contributed by atoms with E-state index in [0.717, 1.165) is 15.7 Å². The molecule has 0 fully saturated rings. The Bertz CT molecular complexity index is 843. The Morgan fingerprint density at radius 1 is 1.38 bits per heavy atom. The van der Waals surface area contributed by atoms with Crippen LogP contribution < -0.4 is 5.32 Å². The maximum Gasteiger partial charge on any atom is 0.435 e. The molecule has 0 atom stereocenters. The number of carbonyl (C=O) groups excluding carboxylic acids is 2. The predicted octanol–water partition coefficient (Wildman–Crippen LogP) is 2.84. The number of halogens is 3. The molecule has 0 radical (unpaired) electrons. The molecule has 1 aromatic heterocycles. The molecule has 0 aliphatic rings. The fraction of sp³-hybridized carbons (Fsp3) is 0.235. The SMILES string of the molecule is C=CC(=O)Nc1cccc(C(=O)N(C)Cc2cn(C)nc2C(F)(F)F)c1. The number of nitrogens with zero attached hydrogens (tertiary/aromatic N) is 3. The summed E-state index contributed by atoms with van der Waals surface area (Å²) in [6, 6.07) is 6.09. The van der Waals surface area contributed by atoms with Crippen molar-refractivity contribution in [2.75, 3.05) is 12.4 Å². The molecule has 9 heteroatoms. The van der Waals surface area contributed by atoms with E-state index >= 15 is 0 Å². The minimum atomic E-state index is -4.60. The van der Waals surface area contributed by atoms with Crippen LogP contribution in [0.3, 0.4) is 0 Å². The number of alkyl halides is 3.